The van der Waals surface area contributed by atoms with E-state index in [2.05, 4.69) is 30.9 Å². The number of carbonyl (C=O) groups is 2. The number of nitrogens with one attached hydrogen (secondary N) is 3. The maximum atomic E-state index is 12.6. The van der Waals surface area contributed by atoms with Crippen LogP contribution < -0.4 is 16.0 Å². The second kappa shape index (κ2) is 9.86. The van der Waals surface area contributed by atoms with Gasteiger partial charge in [0, 0.05) is 18.3 Å². The van der Waals surface area contributed by atoms with E-state index in [1.165, 1.54) is 6.92 Å². The van der Waals surface area contributed by atoms with E-state index in [-0.39, 0.29) is 11.8 Å². The van der Waals surface area contributed by atoms with Crippen molar-refractivity contribution in [3.05, 3.63) is 30.3 Å². The van der Waals surface area contributed by atoms with E-state index in [9.17, 15) is 9.59 Å². The van der Waals surface area contributed by atoms with Crippen LogP contribution in [-0.4, -0.2) is 44.5 Å². The minimum absolute atomic E-state index is 0.129. The molecule has 0 radical (unpaired) electrons. The van der Waals surface area contributed by atoms with Gasteiger partial charge in [0.2, 0.25) is 17.8 Å². The van der Waals surface area contributed by atoms with E-state index >= 15 is 0 Å². The Bertz CT molecular complexity index is 785. The van der Waals surface area contributed by atoms with Crippen molar-refractivity contribution in [3.8, 4) is 0 Å². The van der Waals surface area contributed by atoms with Crippen molar-refractivity contribution >= 4 is 41.0 Å². The molecule has 9 heteroatoms. The summed E-state index contributed by atoms with van der Waals surface area (Å²) in [5.74, 6) is 0.0906. The molecule has 0 spiro atoms. The second-order valence-electron chi connectivity index (χ2n) is 6.06. The van der Waals surface area contributed by atoms with Gasteiger partial charge in [0.05, 0.1) is 0 Å². The molecule has 0 saturated heterocycles. The van der Waals surface area contributed by atoms with Gasteiger partial charge in [-0.25, -0.2) is 0 Å². The van der Waals surface area contributed by atoms with Crippen LogP contribution in [-0.2, 0) is 9.59 Å². The standard InChI is InChI=1S/C18H24N6O2S/c1-5-19-16-22-17(20-11(2)3)24-18(23-16)27-14(12(4)25)15(26)21-13-9-7-6-8-10-13/h6-11,14H,5H2,1-4H3,(H,21,26)(H2,19,20,22,23,24)/t14-/m1/s1. The Labute approximate surface area is 163 Å². The Morgan fingerprint density at radius 3 is 2.33 bits per heavy atom. The van der Waals surface area contributed by atoms with Crippen LogP contribution in [0.5, 0.6) is 0 Å². The van der Waals surface area contributed by atoms with Gasteiger partial charge in [0.1, 0.15) is 5.25 Å². The fraction of sp³-hybridized carbons (Fsp3) is 0.389. The minimum Gasteiger partial charge on any atom is -0.354 e. The summed E-state index contributed by atoms with van der Waals surface area (Å²) in [5.41, 5.74) is 0.625. The van der Waals surface area contributed by atoms with Gasteiger partial charge in [-0.2, -0.15) is 15.0 Å². The summed E-state index contributed by atoms with van der Waals surface area (Å²) in [6, 6.07) is 9.12. The zero-order valence-electron chi connectivity index (χ0n) is 15.8. The topological polar surface area (TPSA) is 109 Å². The molecule has 0 aliphatic rings. The van der Waals surface area contributed by atoms with Gasteiger partial charge >= 0.3 is 0 Å². The van der Waals surface area contributed by atoms with E-state index in [1.807, 2.05) is 39.0 Å². The van der Waals surface area contributed by atoms with Crippen LogP contribution in [0, 0.1) is 0 Å². The number of Topliss-reactive ketones (excluding diaryl/α,β-unsaturated/α-hetero) is 1. The molecule has 0 fully saturated rings. The molecule has 1 aromatic heterocycles. The molecule has 144 valence electrons. The van der Waals surface area contributed by atoms with Crippen LogP contribution in [0.3, 0.4) is 0 Å². The summed E-state index contributed by atoms with van der Waals surface area (Å²) >= 11 is 1.00. The largest absolute Gasteiger partial charge is 0.354 e. The number of nitrogens with zero attached hydrogens (tertiary/aromatic N) is 3. The zero-order chi connectivity index (χ0) is 19.8. The highest BCUT2D eigenvalue weighted by Crippen LogP contribution is 2.24. The van der Waals surface area contributed by atoms with Gasteiger partial charge in [0.25, 0.3) is 0 Å². The lowest BCUT2D eigenvalue weighted by atomic mass is 10.2. The second-order valence-corrected chi connectivity index (χ2v) is 7.13. The molecule has 1 atom stereocenters. The lowest BCUT2D eigenvalue weighted by molar-refractivity contribution is -0.123. The maximum Gasteiger partial charge on any atom is 0.245 e. The molecular weight excluding hydrogens is 364 g/mol. The normalized spacial score (nSPS) is 11.7. The Balaban J connectivity index is 2.22. The quantitative estimate of drug-likeness (QED) is 0.444. The van der Waals surface area contributed by atoms with Gasteiger partial charge in [-0.3, -0.25) is 9.59 Å². The first-order valence-electron chi connectivity index (χ1n) is 8.68. The first-order chi connectivity index (χ1) is 12.9. The fourth-order valence-electron chi connectivity index (χ4n) is 2.12. The maximum absolute atomic E-state index is 12.6. The summed E-state index contributed by atoms with van der Waals surface area (Å²) in [7, 11) is 0. The number of thioether (sulfide) groups is 1. The number of amides is 1. The summed E-state index contributed by atoms with van der Waals surface area (Å²) in [5, 5.41) is 8.23. The van der Waals surface area contributed by atoms with Crippen LogP contribution in [0.2, 0.25) is 0 Å². The van der Waals surface area contributed by atoms with E-state index < -0.39 is 11.2 Å². The van der Waals surface area contributed by atoms with E-state index in [1.54, 1.807) is 12.1 Å². The SMILES string of the molecule is CCNc1nc(NC(C)C)nc(S[C@H](C(C)=O)C(=O)Nc2ccccc2)n1. The molecule has 2 rings (SSSR count). The predicted molar refractivity (Wildman–Crippen MR) is 108 cm³/mol. The third-order valence-corrected chi connectivity index (χ3v) is 4.41. The van der Waals surface area contributed by atoms with Crippen LogP contribution in [0.15, 0.2) is 35.5 Å². The van der Waals surface area contributed by atoms with Gasteiger partial charge in [-0.15, -0.1) is 0 Å². The van der Waals surface area contributed by atoms with Crippen molar-refractivity contribution in [3.63, 3.8) is 0 Å². The van der Waals surface area contributed by atoms with Crippen molar-refractivity contribution < 1.29 is 9.59 Å². The summed E-state index contributed by atoms with van der Waals surface area (Å²) in [6.07, 6.45) is 0. The number of ketones is 1. The smallest absolute Gasteiger partial charge is 0.245 e. The van der Waals surface area contributed by atoms with E-state index in [4.69, 9.17) is 0 Å². The number of aromatic nitrogens is 3. The van der Waals surface area contributed by atoms with Crippen molar-refractivity contribution in [2.45, 2.75) is 44.1 Å². The molecule has 0 bridgehead atoms. The highest BCUT2D eigenvalue weighted by Gasteiger charge is 2.26. The molecule has 0 saturated carbocycles. The average Bonchev–Trinajstić information content (AvgIpc) is 2.59. The Kier molecular flexibility index (Phi) is 7.54. The fourth-order valence-corrected chi connectivity index (χ4v) is 2.95. The first-order valence-corrected chi connectivity index (χ1v) is 9.56. The number of rotatable bonds is 9. The van der Waals surface area contributed by atoms with Crippen molar-refractivity contribution in [2.24, 2.45) is 0 Å². The molecule has 8 nitrogen and oxygen atoms in total. The summed E-state index contributed by atoms with van der Waals surface area (Å²) in [6.45, 7) is 7.88. The van der Waals surface area contributed by atoms with Crippen LogP contribution in [0.1, 0.15) is 27.7 Å². The number of benzene rings is 1. The molecular formula is C18H24N6O2S. The highest BCUT2D eigenvalue weighted by molar-refractivity contribution is 8.01. The number of hydrogen-bond donors (Lipinski definition) is 3. The van der Waals surface area contributed by atoms with Crippen molar-refractivity contribution in [1.29, 1.82) is 0 Å². The molecule has 1 aromatic carbocycles. The van der Waals surface area contributed by atoms with Crippen molar-refractivity contribution in [2.75, 3.05) is 22.5 Å². The number of hydrogen-bond acceptors (Lipinski definition) is 8. The third kappa shape index (κ3) is 6.52. The molecule has 0 aliphatic carbocycles. The molecule has 0 aliphatic heterocycles. The number of anilines is 3. The van der Waals surface area contributed by atoms with Gasteiger partial charge in [-0.1, -0.05) is 30.0 Å². The Hall–Kier alpha value is -2.68. The number of para-hydroxylation sites is 1. The molecule has 2 aromatic rings. The van der Waals surface area contributed by atoms with Gasteiger partial charge in [0.15, 0.2) is 10.9 Å². The van der Waals surface area contributed by atoms with Crippen LogP contribution >= 0.6 is 11.8 Å². The third-order valence-electron chi connectivity index (χ3n) is 3.24. The molecule has 1 heterocycles. The molecule has 27 heavy (non-hydrogen) atoms. The zero-order valence-corrected chi connectivity index (χ0v) is 16.6. The van der Waals surface area contributed by atoms with Crippen LogP contribution in [0.25, 0.3) is 0 Å². The predicted octanol–water partition coefficient (Wildman–Crippen LogP) is 2.81. The van der Waals surface area contributed by atoms with E-state index in [0.29, 0.717) is 29.3 Å². The molecule has 1 amide bonds. The average molecular weight is 388 g/mol. The number of carbonyl (C=O) groups excluding carboxylic acids is 2. The first kappa shape index (κ1) is 20.6. The molecule has 0 unspecified atom stereocenters. The Morgan fingerprint density at radius 2 is 1.74 bits per heavy atom. The monoisotopic (exact) mass is 388 g/mol. The van der Waals surface area contributed by atoms with Gasteiger partial charge < -0.3 is 16.0 Å². The lowest BCUT2D eigenvalue weighted by Crippen LogP contribution is -2.31. The lowest BCUT2D eigenvalue weighted by Gasteiger charge is -2.15. The highest BCUT2D eigenvalue weighted by atomic mass is 32.2. The minimum atomic E-state index is -0.964. The van der Waals surface area contributed by atoms with E-state index in [0.717, 1.165) is 11.8 Å². The van der Waals surface area contributed by atoms with Crippen LogP contribution in [0.4, 0.5) is 17.6 Å². The summed E-state index contributed by atoms with van der Waals surface area (Å²) < 4.78 is 0. The molecule has 3 N–H and O–H groups in total. The van der Waals surface area contributed by atoms with Crippen molar-refractivity contribution in [1.82, 2.24) is 15.0 Å². The Morgan fingerprint density at radius 1 is 1.07 bits per heavy atom. The van der Waals surface area contributed by atoms with Gasteiger partial charge in [-0.05, 0) is 39.8 Å². The summed E-state index contributed by atoms with van der Waals surface area (Å²) in [4.78, 5) is 37.6.